The van der Waals surface area contributed by atoms with Gasteiger partial charge >= 0.3 is 0 Å². The van der Waals surface area contributed by atoms with E-state index in [1.54, 1.807) is 0 Å². The molecule has 0 bridgehead atoms. The topological polar surface area (TPSA) is 12.9 Å². The zero-order valence-electron chi connectivity index (χ0n) is 14.1. The number of aromatic nitrogens is 1. The molecule has 0 atom stereocenters. The lowest BCUT2D eigenvalue weighted by Crippen LogP contribution is -2.16. The summed E-state index contributed by atoms with van der Waals surface area (Å²) in [6.45, 7) is 8.91. The molecule has 4 rings (SSSR count). The molecule has 0 fully saturated rings. The standard InChI is InChI=1S/C22H21N/c1-14-12-20(23-13-15(14)2)18-10-7-9-17-16-8-5-6-11-19(16)22(3,4)21(17)18/h5-13H,1-4H3. The minimum absolute atomic E-state index is 0.00297. The monoisotopic (exact) mass is 299 g/mol. The summed E-state index contributed by atoms with van der Waals surface area (Å²) in [5, 5.41) is 0. The second-order valence-electron chi connectivity index (χ2n) is 7.05. The molecule has 0 radical (unpaired) electrons. The molecule has 0 saturated heterocycles. The van der Waals surface area contributed by atoms with Crippen molar-refractivity contribution in [2.24, 2.45) is 0 Å². The maximum absolute atomic E-state index is 4.72. The van der Waals surface area contributed by atoms with Crippen LogP contribution in [0.4, 0.5) is 0 Å². The van der Waals surface area contributed by atoms with Gasteiger partial charge in [0.2, 0.25) is 0 Å². The Bertz CT molecular complexity index is 919. The van der Waals surface area contributed by atoms with Gasteiger partial charge in [0.1, 0.15) is 0 Å². The van der Waals surface area contributed by atoms with Crippen molar-refractivity contribution in [3.63, 3.8) is 0 Å². The highest BCUT2D eigenvalue weighted by Crippen LogP contribution is 2.51. The molecular formula is C22H21N. The summed E-state index contributed by atoms with van der Waals surface area (Å²) < 4.78 is 0. The van der Waals surface area contributed by atoms with Crippen molar-refractivity contribution in [3.05, 3.63) is 77.0 Å². The number of pyridine rings is 1. The van der Waals surface area contributed by atoms with Gasteiger partial charge in [-0.25, -0.2) is 0 Å². The van der Waals surface area contributed by atoms with Crippen molar-refractivity contribution in [1.29, 1.82) is 0 Å². The molecule has 0 amide bonds. The maximum atomic E-state index is 4.72. The normalized spacial score (nSPS) is 14.4. The lowest BCUT2D eigenvalue weighted by molar-refractivity contribution is 0.662. The Morgan fingerprint density at radius 2 is 1.48 bits per heavy atom. The third-order valence-electron chi connectivity index (χ3n) is 5.23. The molecule has 23 heavy (non-hydrogen) atoms. The van der Waals surface area contributed by atoms with Gasteiger partial charge in [-0.15, -0.1) is 0 Å². The lowest BCUT2D eigenvalue weighted by Gasteiger charge is -2.24. The Labute approximate surface area is 138 Å². The molecule has 2 aromatic carbocycles. The molecule has 114 valence electrons. The molecule has 0 unspecified atom stereocenters. The lowest BCUT2D eigenvalue weighted by atomic mass is 9.79. The molecule has 0 saturated carbocycles. The van der Waals surface area contributed by atoms with Gasteiger partial charge in [-0.1, -0.05) is 56.3 Å². The van der Waals surface area contributed by atoms with E-state index in [1.807, 2.05) is 6.20 Å². The van der Waals surface area contributed by atoms with Crippen LogP contribution in [0.1, 0.15) is 36.1 Å². The van der Waals surface area contributed by atoms with E-state index in [2.05, 4.69) is 76.2 Å². The van der Waals surface area contributed by atoms with Crippen molar-refractivity contribution in [2.75, 3.05) is 0 Å². The average Bonchev–Trinajstić information content (AvgIpc) is 2.79. The Morgan fingerprint density at radius 3 is 2.26 bits per heavy atom. The number of fused-ring (bicyclic) bond motifs is 3. The van der Waals surface area contributed by atoms with Crippen LogP contribution in [-0.4, -0.2) is 4.98 Å². The molecule has 1 heteroatoms. The number of aryl methyl sites for hydroxylation is 2. The molecule has 1 aromatic heterocycles. The van der Waals surface area contributed by atoms with E-state index in [1.165, 1.54) is 38.9 Å². The molecule has 1 heterocycles. The number of nitrogens with zero attached hydrogens (tertiary/aromatic N) is 1. The van der Waals surface area contributed by atoms with Crippen molar-refractivity contribution in [3.8, 4) is 22.4 Å². The van der Waals surface area contributed by atoms with Gasteiger partial charge in [0.05, 0.1) is 5.69 Å². The highest BCUT2D eigenvalue weighted by Gasteiger charge is 2.37. The van der Waals surface area contributed by atoms with Crippen LogP contribution in [0.25, 0.3) is 22.4 Å². The second-order valence-corrected chi connectivity index (χ2v) is 7.05. The molecule has 0 N–H and O–H groups in total. The van der Waals surface area contributed by atoms with E-state index in [-0.39, 0.29) is 5.41 Å². The Hall–Kier alpha value is -2.41. The molecule has 1 nitrogen and oxygen atoms in total. The quantitative estimate of drug-likeness (QED) is 0.564. The van der Waals surface area contributed by atoms with Crippen LogP contribution in [0.2, 0.25) is 0 Å². The molecule has 3 aromatic rings. The van der Waals surface area contributed by atoms with E-state index in [0.717, 1.165) is 5.69 Å². The number of hydrogen-bond acceptors (Lipinski definition) is 1. The Kier molecular flexibility index (Phi) is 2.96. The zero-order chi connectivity index (χ0) is 16.2. The van der Waals surface area contributed by atoms with Crippen molar-refractivity contribution >= 4 is 0 Å². The molecule has 0 spiro atoms. The van der Waals surface area contributed by atoms with Crippen molar-refractivity contribution in [2.45, 2.75) is 33.1 Å². The van der Waals surface area contributed by atoms with Crippen LogP contribution in [0.5, 0.6) is 0 Å². The first kappa shape index (κ1) is 14.2. The van der Waals surface area contributed by atoms with Gasteiger partial charge < -0.3 is 0 Å². The predicted octanol–water partition coefficient (Wildman–Crippen LogP) is 5.67. The van der Waals surface area contributed by atoms with Gasteiger partial charge in [-0.2, -0.15) is 0 Å². The first-order chi connectivity index (χ1) is 11.0. The zero-order valence-corrected chi connectivity index (χ0v) is 14.1. The molecule has 0 aliphatic heterocycles. The minimum atomic E-state index is 0.00297. The molecule has 1 aliphatic carbocycles. The summed E-state index contributed by atoms with van der Waals surface area (Å²) in [7, 11) is 0. The SMILES string of the molecule is Cc1cnc(-c2cccc3c2C(C)(C)c2ccccc2-3)cc1C. The summed E-state index contributed by atoms with van der Waals surface area (Å²) in [4.78, 5) is 4.72. The summed E-state index contributed by atoms with van der Waals surface area (Å²) in [5.41, 5.74) is 10.4. The number of benzene rings is 2. The smallest absolute Gasteiger partial charge is 0.0708 e. The molecule has 1 aliphatic rings. The fraction of sp³-hybridized carbons (Fsp3) is 0.227. The maximum Gasteiger partial charge on any atom is 0.0708 e. The van der Waals surface area contributed by atoms with Crippen LogP contribution in [-0.2, 0) is 5.41 Å². The summed E-state index contributed by atoms with van der Waals surface area (Å²) >= 11 is 0. The van der Waals surface area contributed by atoms with Crippen molar-refractivity contribution < 1.29 is 0 Å². The van der Waals surface area contributed by atoms with E-state index < -0.39 is 0 Å². The Morgan fingerprint density at radius 1 is 0.783 bits per heavy atom. The van der Waals surface area contributed by atoms with E-state index in [4.69, 9.17) is 4.98 Å². The predicted molar refractivity (Wildman–Crippen MR) is 96.7 cm³/mol. The van der Waals surface area contributed by atoms with Crippen LogP contribution in [0.15, 0.2) is 54.7 Å². The minimum Gasteiger partial charge on any atom is -0.256 e. The van der Waals surface area contributed by atoms with E-state index in [0.29, 0.717) is 0 Å². The second kappa shape index (κ2) is 4.79. The molecular weight excluding hydrogens is 278 g/mol. The summed E-state index contributed by atoms with van der Waals surface area (Å²) in [6, 6.07) is 17.6. The van der Waals surface area contributed by atoms with Gasteiger partial charge in [0.25, 0.3) is 0 Å². The number of hydrogen-bond donors (Lipinski definition) is 0. The van der Waals surface area contributed by atoms with Gasteiger partial charge in [-0.05, 0) is 53.3 Å². The van der Waals surface area contributed by atoms with Crippen LogP contribution in [0.3, 0.4) is 0 Å². The van der Waals surface area contributed by atoms with Gasteiger partial charge in [-0.3, -0.25) is 4.98 Å². The van der Waals surface area contributed by atoms with Crippen LogP contribution in [0, 0.1) is 13.8 Å². The van der Waals surface area contributed by atoms with Crippen LogP contribution < -0.4 is 0 Å². The van der Waals surface area contributed by atoms with E-state index in [9.17, 15) is 0 Å². The van der Waals surface area contributed by atoms with Gasteiger partial charge in [0.15, 0.2) is 0 Å². The van der Waals surface area contributed by atoms with E-state index >= 15 is 0 Å². The highest BCUT2D eigenvalue weighted by molar-refractivity contribution is 5.87. The first-order valence-corrected chi connectivity index (χ1v) is 8.17. The third kappa shape index (κ3) is 1.96. The fourth-order valence-electron chi connectivity index (χ4n) is 3.83. The summed E-state index contributed by atoms with van der Waals surface area (Å²) in [5.74, 6) is 0. The Balaban J connectivity index is 2.02. The third-order valence-corrected chi connectivity index (χ3v) is 5.23. The summed E-state index contributed by atoms with van der Waals surface area (Å²) in [6.07, 6.45) is 1.99. The van der Waals surface area contributed by atoms with Gasteiger partial charge in [0, 0.05) is 17.2 Å². The highest BCUT2D eigenvalue weighted by atomic mass is 14.7. The number of rotatable bonds is 1. The van der Waals surface area contributed by atoms with Crippen molar-refractivity contribution in [1.82, 2.24) is 4.98 Å². The largest absolute Gasteiger partial charge is 0.256 e. The average molecular weight is 299 g/mol. The fourth-order valence-corrected chi connectivity index (χ4v) is 3.83. The van der Waals surface area contributed by atoms with Crippen LogP contribution >= 0.6 is 0 Å². The first-order valence-electron chi connectivity index (χ1n) is 8.17.